The van der Waals surface area contributed by atoms with Gasteiger partial charge in [-0.1, -0.05) is 11.6 Å². The van der Waals surface area contributed by atoms with Crippen molar-refractivity contribution in [2.24, 2.45) is 0 Å². The molecule has 0 aromatic heterocycles. The van der Waals surface area contributed by atoms with E-state index in [0.717, 1.165) is 0 Å². The van der Waals surface area contributed by atoms with Gasteiger partial charge in [0.15, 0.2) is 11.5 Å². The minimum atomic E-state index is -0.344. The fraction of sp³-hybridized carbons (Fsp3) is 0.176. The Kier molecular flexibility index (Phi) is 4.86. The molecule has 2 aromatic rings. The molecule has 7 heteroatoms. The molecular formula is C17H15ClN2O4. The predicted octanol–water partition coefficient (Wildman–Crippen LogP) is 2.48. The first-order valence-electron chi connectivity index (χ1n) is 7.35. The number of ether oxygens (including phenoxy) is 2. The molecule has 1 aliphatic heterocycles. The van der Waals surface area contributed by atoms with Crippen molar-refractivity contribution in [3.05, 3.63) is 53.1 Å². The highest BCUT2D eigenvalue weighted by molar-refractivity contribution is 6.30. The first-order valence-corrected chi connectivity index (χ1v) is 7.73. The van der Waals surface area contributed by atoms with Crippen LogP contribution in [-0.4, -0.2) is 31.6 Å². The number of halogens is 1. The van der Waals surface area contributed by atoms with Crippen LogP contribution in [0.3, 0.4) is 0 Å². The van der Waals surface area contributed by atoms with E-state index in [4.69, 9.17) is 21.1 Å². The van der Waals surface area contributed by atoms with E-state index in [2.05, 4.69) is 10.6 Å². The number of anilines is 1. The fourth-order valence-electron chi connectivity index (χ4n) is 2.19. The lowest BCUT2D eigenvalue weighted by Gasteiger charge is -2.19. The van der Waals surface area contributed by atoms with E-state index >= 15 is 0 Å². The summed E-state index contributed by atoms with van der Waals surface area (Å²) in [5, 5.41) is 5.79. The molecule has 1 aliphatic rings. The molecule has 24 heavy (non-hydrogen) atoms. The van der Waals surface area contributed by atoms with E-state index in [-0.39, 0.29) is 18.4 Å². The molecular weight excluding hydrogens is 332 g/mol. The quantitative estimate of drug-likeness (QED) is 0.891. The Hall–Kier alpha value is -2.73. The van der Waals surface area contributed by atoms with Gasteiger partial charge >= 0.3 is 0 Å². The molecule has 0 saturated heterocycles. The first kappa shape index (κ1) is 16.1. The largest absolute Gasteiger partial charge is 0.486 e. The van der Waals surface area contributed by atoms with E-state index in [9.17, 15) is 9.59 Å². The smallest absolute Gasteiger partial charge is 0.251 e. The second kappa shape index (κ2) is 7.23. The highest BCUT2D eigenvalue weighted by atomic mass is 35.5. The topological polar surface area (TPSA) is 76.7 Å². The molecule has 0 spiro atoms. The Morgan fingerprint density at radius 2 is 1.71 bits per heavy atom. The SMILES string of the molecule is O=C(CNC(=O)c1ccc(Cl)cc1)Nc1ccc2c(c1)OCCO2. The van der Waals surface area contributed by atoms with Gasteiger partial charge in [0.25, 0.3) is 5.91 Å². The van der Waals surface area contributed by atoms with Gasteiger partial charge in [-0.2, -0.15) is 0 Å². The van der Waals surface area contributed by atoms with Crippen LogP contribution in [0.25, 0.3) is 0 Å². The van der Waals surface area contributed by atoms with Crippen molar-refractivity contribution in [2.75, 3.05) is 25.1 Å². The molecule has 2 N–H and O–H groups in total. The van der Waals surface area contributed by atoms with Crippen LogP contribution in [0, 0.1) is 0 Å². The molecule has 0 fully saturated rings. The van der Waals surface area contributed by atoms with Crippen LogP contribution in [0.5, 0.6) is 11.5 Å². The predicted molar refractivity (Wildman–Crippen MR) is 89.8 cm³/mol. The lowest BCUT2D eigenvalue weighted by molar-refractivity contribution is -0.115. The molecule has 124 valence electrons. The van der Waals surface area contributed by atoms with Crippen molar-refractivity contribution in [1.82, 2.24) is 5.32 Å². The average Bonchev–Trinajstić information content (AvgIpc) is 2.60. The van der Waals surface area contributed by atoms with Gasteiger partial charge in [-0.05, 0) is 36.4 Å². The third kappa shape index (κ3) is 3.97. The molecule has 0 bridgehead atoms. The van der Waals surface area contributed by atoms with Crippen molar-refractivity contribution in [2.45, 2.75) is 0 Å². The highest BCUT2D eigenvalue weighted by Crippen LogP contribution is 2.32. The summed E-state index contributed by atoms with van der Waals surface area (Å²) in [4.78, 5) is 23.9. The van der Waals surface area contributed by atoms with Crippen LogP contribution in [0.4, 0.5) is 5.69 Å². The summed E-state index contributed by atoms with van der Waals surface area (Å²) in [5.41, 5.74) is 1.01. The van der Waals surface area contributed by atoms with Crippen molar-refractivity contribution < 1.29 is 19.1 Å². The van der Waals surface area contributed by atoms with Gasteiger partial charge in [0.05, 0.1) is 6.54 Å². The zero-order valence-corrected chi connectivity index (χ0v) is 13.4. The van der Waals surface area contributed by atoms with Crippen LogP contribution in [0.15, 0.2) is 42.5 Å². The number of carbonyl (C=O) groups excluding carboxylic acids is 2. The van der Waals surface area contributed by atoms with Crippen LogP contribution < -0.4 is 20.1 Å². The van der Waals surface area contributed by atoms with Crippen molar-refractivity contribution in [3.8, 4) is 11.5 Å². The minimum absolute atomic E-state index is 0.143. The third-order valence-corrected chi connectivity index (χ3v) is 3.59. The zero-order chi connectivity index (χ0) is 16.9. The van der Waals surface area contributed by atoms with Crippen molar-refractivity contribution >= 4 is 29.1 Å². The summed E-state index contributed by atoms with van der Waals surface area (Å²) in [6, 6.07) is 11.6. The van der Waals surface area contributed by atoms with E-state index < -0.39 is 0 Å². The van der Waals surface area contributed by atoms with E-state index in [1.54, 1.807) is 42.5 Å². The second-order valence-electron chi connectivity index (χ2n) is 5.10. The van der Waals surface area contributed by atoms with Gasteiger partial charge in [0, 0.05) is 22.3 Å². The number of hydrogen-bond acceptors (Lipinski definition) is 4. The average molecular weight is 347 g/mol. The summed E-state index contributed by atoms with van der Waals surface area (Å²) < 4.78 is 10.9. The number of rotatable bonds is 4. The Morgan fingerprint density at radius 1 is 1.00 bits per heavy atom. The molecule has 0 unspecified atom stereocenters. The van der Waals surface area contributed by atoms with Gasteiger partial charge < -0.3 is 20.1 Å². The summed E-state index contributed by atoms with van der Waals surface area (Å²) in [7, 11) is 0. The van der Waals surface area contributed by atoms with Crippen molar-refractivity contribution in [3.63, 3.8) is 0 Å². The molecule has 2 amide bonds. The van der Waals surface area contributed by atoms with Crippen LogP contribution in [-0.2, 0) is 4.79 Å². The number of amides is 2. The fourth-order valence-corrected chi connectivity index (χ4v) is 2.32. The van der Waals surface area contributed by atoms with Gasteiger partial charge in [-0.15, -0.1) is 0 Å². The van der Waals surface area contributed by atoms with Gasteiger partial charge in [0.2, 0.25) is 5.91 Å². The lowest BCUT2D eigenvalue weighted by Crippen LogP contribution is -2.32. The molecule has 2 aromatic carbocycles. The molecule has 0 aliphatic carbocycles. The number of benzene rings is 2. The minimum Gasteiger partial charge on any atom is -0.486 e. The summed E-state index contributed by atoms with van der Waals surface area (Å²) in [5.74, 6) is 0.553. The Morgan fingerprint density at radius 3 is 2.46 bits per heavy atom. The van der Waals surface area contributed by atoms with E-state index in [0.29, 0.717) is 41.0 Å². The monoisotopic (exact) mass is 346 g/mol. The summed E-state index contributed by atoms with van der Waals surface area (Å²) >= 11 is 5.77. The van der Waals surface area contributed by atoms with Crippen LogP contribution in [0.1, 0.15) is 10.4 Å². The standard InChI is InChI=1S/C17H15ClN2O4/c18-12-3-1-11(2-4-12)17(22)19-10-16(21)20-13-5-6-14-15(9-13)24-8-7-23-14/h1-6,9H,7-8,10H2,(H,19,22)(H,20,21). The number of nitrogens with one attached hydrogen (secondary N) is 2. The number of hydrogen-bond donors (Lipinski definition) is 2. The molecule has 0 radical (unpaired) electrons. The Balaban J connectivity index is 1.54. The van der Waals surface area contributed by atoms with E-state index in [1.807, 2.05) is 0 Å². The normalized spacial score (nSPS) is 12.4. The first-order chi connectivity index (χ1) is 11.6. The molecule has 3 rings (SSSR count). The van der Waals surface area contributed by atoms with Gasteiger partial charge in [0.1, 0.15) is 13.2 Å². The molecule has 0 saturated carbocycles. The van der Waals surface area contributed by atoms with Gasteiger partial charge in [-0.25, -0.2) is 0 Å². The maximum atomic E-state index is 12.0. The summed E-state index contributed by atoms with van der Waals surface area (Å²) in [6.45, 7) is 0.840. The van der Waals surface area contributed by atoms with Gasteiger partial charge in [-0.3, -0.25) is 9.59 Å². The zero-order valence-electron chi connectivity index (χ0n) is 12.7. The Bertz CT molecular complexity index is 762. The van der Waals surface area contributed by atoms with Crippen molar-refractivity contribution in [1.29, 1.82) is 0 Å². The molecule has 6 nitrogen and oxygen atoms in total. The van der Waals surface area contributed by atoms with Crippen LogP contribution >= 0.6 is 11.6 Å². The number of fused-ring (bicyclic) bond motifs is 1. The molecule has 0 atom stereocenters. The second-order valence-corrected chi connectivity index (χ2v) is 5.53. The summed E-state index contributed by atoms with van der Waals surface area (Å²) in [6.07, 6.45) is 0. The Labute approximate surface area is 143 Å². The maximum absolute atomic E-state index is 12.0. The number of carbonyl (C=O) groups is 2. The van der Waals surface area contributed by atoms with E-state index in [1.165, 1.54) is 0 Å². The van der Waals surface area contributed by atoms with Crippen LogP contribution in [0.2, 0.25) is 5.02 Å². The highest BCUT2D eigenvalue weighted by Gasteiger charge is 2.13. The third-order valence-electron chi connectivity index (χ3n) is 3.34. The lowest BCUT2D eigenvalue weighted by atomic mass is 10.2. The molecule has 1 heterocycles. The maximum Gasteiger partial charge on any atom is 0.251 e.